The van der Waals surface area contributed by atoms with Crippen molar-refractivity contribution in [1.82, 2.24) is 4.90 Å². The molecule has 182 valence electrons. The highest BCUT2D eigenvalue weighted by atomic mass is 35.5. The Morgan fingerprint density at radius 3 is 2.54 bits per heavy atom. The van der Waals surface area contributed by atoms with Crippen LogP contribution in [0.3, 0.4) is 0 Å². The lowest BCUT2D eigenvalue weighted by Crippen LogP contribution is -2.33. The summed E-state index contributed by atoms with van der Waals surface area (Å²) in [6, 6.07) is 18.8. The van der Waals surface area contributed by atoms with Gasteiger partial charge in [0, 0.05) is 31.5 Å². The quantitative estimate of drug-likeness (QED) is 0.382. The van der Waals surface area contributed by atoms with Gasteiger partial charge in [-0.1, -0.05) is 65.2 Å². The van der Waals surface area contributed by atoms with Crippen LogP contribution in [0.2, 0.25) is 10.0 Å². The maximum absolute atomic E-state index is 13.4. The van der Waals surface area contributed by atoms with Crippen molar-refractivity contribution in [2.24, 2.45) is 0 Å². The van der Waals surface area contributed by atoms with E-state index in [4.69, 9.17) is 27.9 Å². The highest BCUT2D eigenvalue weighted by Crippen LogP contribution is 2.39. The molecule has 0 bridgehead atoms. The van der Waals surface area contributed by atoms with Crippen molar-refractivity contribution in [3.63, 3.8) is 0 Å². The Balaban J connectivity index is 1.53. The molecule has 1 atom stereocenters. The van der Waals surface area contributed by atoms with Gasteiger partial charge in [-0.3, -0.25) is 9.59 Å². The standard InChI is InChI=1S/C28H27Cl2NO4/c1-18-6-8-19(9-7-18)17-31(13-12-25(32)33)27(34)20-10-11-24-22(14-20)16-28(2,35-24)15-21-4-3-5-23(29)26(21)30/h3-11,14H,12-13,15-17H2,1-2H3,(H,32,33)/t28-/m0/s1. The van der Waals surface area contributed by atoms with E-state index < -0.39 is 11.6 Å². The van der Waals surface area contributed by atoms with E-state index >= 15 is 0 Å². The molecule has 1 aliphatic rings. The molecule has 1 heterocycles. The van der Waals surface area contributed by atoms with Gasteiger partial charge in [0.2, 0.25) is 0 Å². The number of hydrogen-bond donors (Lipinski definition) is 1. The summed E-state index contributed by atoms with van der Waals surface area (Å²) in [5.41, 5.74) is 3.90. The van der Waals surface area contributed by atoms with E-state index in [-0.39, 0.29) is 18.9 Å². The number of carbonyl (C=O) groups excluding carboxylic acids is 1. The van der Waals surface area contributed by atoms with Crippen LogP contribution in [-0.4, -0.2) is 34.0 Å². The molecule has 3 aromatic rings. The number of aliphatic carboxylic acids is 1. The van der Waals surface area contributed by atoms with Crippen molar-refractivity contribution in [1.29, 1.82) is 0 Å². The molecule has 0 spiro atoms. The van der Waals surface area contributed by atoms with Crippen LogP contribution in [-0.2, 0) is 24.2 Å². The Morgan fingerprint density at radius 1 is 1.09 bits per heavy atom. The van der Waals surface area contributed by atoms with E-state index in [0.29, 0.717) is 35.0 Å². The van der Waals surface area contributed by atoms with Crippen molar-refractivity contribution in [2.45, 2.75) is 45.3 Å². The number of carbonyl (C=O) groups is 2. The SMILES string of the molecule is Cc1ccc(CN(CCC(=O)O)C(=O)c2ccc3c(c2)C[C@](C)(Cc2cccc(Cl)c2Cl)O3)cc1. The van der Waals surface area contributed by atoms with Crippen LogP contribution in [0.5, 0.6) is 5.75 Å². The van der Waals surface area contributed by atoms with Gasteiger partial charge in [-0.2, -0.15) is 0 Å². The molecule has 0 saturated carbocycles. The smallest absolute Gasteiger partial charge is 0.305 e. The molecule has 0 fully saturated rings. The van der Waals surface area contributed by atoms with Crippen molar-refractivity contribution >= 4 is 35.1 Å². The van der Waals surface area contributed by atoms with Gasteiger partial charge in [0.15, 0.2) is 0 Å². The summed E-state index contributed by atoms with van der Waals surface area (Å²) in [6.45, 7) is 4.48. The minimum atomic E-state index is -0.940. The molecule has 7 heteroatoms. The number of carboxylic acid groups (broad SMARTS) is 1. The first-order valence-electron chi connectivity index (χ1n) is 11.4. The van der Waals surface area contributed by atoms with Gasteiger partial charge >= 0.3 is 5.97 Å². The van der Waals surface area contributed by atoms with Gasteiger partial charge in [-0.05, 0) is 54.8 Å². The highest BCUT2D eigenvalue weighted by molar-refractivity contribution is 6.42. The molecule has 0 aliphatic carbocycles. The van der Waals surface area contributed by atoms with Gasteiger partial charge in [0.1, 0.15) is 11.4 Å². The van der Waals surface area contributed by atoms with Gasteiger partial charge in [0.25, 0.3) is 5.91 Å². The van der Waals surface area contributed by atoms with E-state index in [9.17, 15) is 14.7 Å². The average molecular weight is 512 g/mol. The summed E-state index contributed by atoms with van der Waals surface area (Å²) < 4.78 is 6.27. The summed E-state index contributed by atoms with van der Waals surface area (Å²) >= 11 is 12.6. The van der Waals surface area contributed by atoms with Crippen molar-refractivity contribution in [3.05, 3.63) is 98.5 Å². The van der Waals surface area contributed by atoms with Gasteiger partial charge in [-0.25, -0.2) is 0 Å². The molecule has 0 aromatic heterocycles. The second-order valence-corrected chi connectivity index (χ2v) is 10.1. The third-order valence-electron chi connectivity index (χ3n) is 6.20. The lowest BCUT2D eigenvalue weighted by Gasteiger charge is -2.24. The first-order chi connectivity index (χ1) is 16.6. The fourth-order valence-electron chi connectivity index (χ4n) is 4.42. The maximum atomic E-state index is 13.4. The Bertz CT molecular complexity index is 1260. The van der Waals surface area contributed by atoms with E-state index in [2.05, 4.69) is 0 Å². The molecule has 35 heavy (non-hydrogen) atoms. The first kappa shape index (κ1) is 25.1. The fraction of sp³-hybridized carbons (Fsp3) is 0.286. The number of ether oxygens (including phenoxy) is 1. The summed E-state index contributed by atoms with van der Waals surface area (Å²) in [5, 5.41) is 10.2. The van der Waals surface area contributed by atoms with Crippen LogP contribution in [0.1, 0.15) is 46.0 Å². The Hall–Kier alpha value is -3.02. The molecule has 0 unspecified atom stereocenters. The van der Waals surface area contributed by atoms with Crippen molar-refractivity contribution in [2.75, 3.05) is 6.54 Å². The number of halogens is 2. The van der Waals surface area contributed by atoms with Crippen LogP contribution < -0.4 is 4.74 Å². The predicted molar refractivity (Wildman–Crippen MR) is 138 cm³/mol. The van der Waals surface area contributed by atoms with Crippen LogP contribution in [0.25, 0.3) is 0 Å². The van der Waals surface area contributed by atoms with Crippen LogP contribution in [0, 0.1) is 6.92 Å². The maximum Gasteiger partial charge on any atom is 0.305 e. The lowest BCUT2D eigenvalue weighted by molar-refractivity contribution is -0.137. The molecule has 1 amide bonds. The lowest BCUT2D eigenvalue weighted by atomic mass is 9.91. The van der Waals surface area contributed by atoms with Crippen molar-refractivity contribution in [3.8, 4) is 5.75 Å². The number of carboxylic acids is 1. The second-order valence-electron chi connectivity index (χ2n) is 9.30. The molecular formula is C28H27Cl2NO4. The van der Waals surface area contributed by atoms with E-state index in [1.54, 1.807) is 17.0 Å². The van der Waals surface area contributed by atoms with E-state index in [1.807, 2.05) is 62.4 Å². The summed E-state index contributed by atoms with van der Waals surface area (Å²) in [7, 11) is 0. The zero-order valence-corrected chi connectivity index (χ0v) is 21.2. The highest BCUT2D eigenvalue weighted by Gasteiger charge is 2.36. The van der Waals surface area contributed by atoms with Crippen LogP contribution in [0.4, 0.5) is 0 Å². The summed E-state index contributed by atoms with van der Waals surface area (Å²) in [6.07, 6.45) is 1.06. The summed E-state index contributed by atoms with van der Waals surface area (Å²) in [5.74, 6) is -0.413. The van der Waals surface area contributed by atoms with Gasteiger partial charge in [0.05, 0.1) is 16.5 Å². The zero-order chi connectivity index (χ0) is 25.2. The number of benzene rings is 3. The molecule has 1 N–H and O–H groups in total. The average Bonchev–Trinajstić information content (AvgIpc) is 3.15. The fourth-order valence-corrected chi connectivity index (χ4v) is 4.81. The largest absolute Gasteiger partial charge is 0.487 e. The predicted octanol–water partition coefficient (Wildman–Crippen LogP) is 6.36. The number of rotatable bonds is 8. The normalized spacial score (nSPS) is 16.5. The zero-order valence-electron chi connectivity index (χ0n) is 19.7. The topological polar surface area (TPSA) is 66.8 Å². The first-order valence-corrected chi connectivity index (χ1v) is 12.2. The van der Waals surface area contributed by atoms with Crippen LogP contribution in [0.15, 0.2) is 60.7 Å². The summed E-state index contributed by atoms with van der Waals surface area (Å²) in [4.78, 5) is 26.2. The number of amides is 1. The van der Waals surface area contributed by atoms with Gasteiger partial charge < -0.3 is 14.7 Å². The second kappa shape index (κ2) is 10.3. The van der Waals surface area contributed by atoms with Crippen LogP contribution >= 0.6 is 23.2 Å². The van der Waals surface area contributed by atoms with E-state index in [1.165, 1.54) is 0 Å². The minimum absolute atomic E-state index is 0.121. The molecular weight excluding hydrogens is 485 g/mol. The molecule has 5 nitrogen and oxygen atoms in total. The number of fused-ring (bicyclic) bond motifs is 1. The third-order valence-corrected chi connectivity index (χ3v) is 7.06. The van der Waals surface area contributed by atoms with Gasteiger partial charge in [-0.15, -0.1) is 0 Å². The number of aryl methyl sites for hydroxylation is 1. The molecule has 1 aliphatic heterocycles. The Kier molecular flexibility index (Phi) is 7.39. The minimum Gasteiger partial charge on any atom is -0.487 e. The monoisotopic (exact) mass is 511 g/mol. The number of hydrogen-bond acceptors (Lipinski definition) is 3. The number of nitrogens with zero attached hydrogens (tertiary/aromatic N) is 1. The Labute approximate surface area is 215 Å². The van der Waals surface area contributed by atoms with E-state index in [0.717, 1.165) is 28.0 Å². The van der Waals surface area contributed by atoms with Crippen molar-refractivity contribution < 1.29 is 19.4 Å². The molecule has 0 radical (unpaired) electrons. The molecule has 3 aromatic carbocycles. The molecule has 4 rings (SSSR count). The third kappa shape index (κ3) is 5.98. The molecule has 0 saturated heterocycles. The Morgan fingerprint density at radius 2 is 1.83 bits per heavy atom.